The Morgan fingerprint density at radius 2 is 0.622 bits per heavy atom. The van der Waals surface area contributed by atoms with Gasteiger partial charge in [-0.25, -0.2) is 0 Å². The van der Waals surface area contributed by atoms with Crippen molar-refractivity contribution in [3.05, 3.63) is 0 Å². The van der Waals surface area contributed by atoms with Crippen molar-refractivity contribution >= 4 is 11.7 Å². The second kappa shape index (κ2) is 29.7. The third kappa shape index (κ3) is 26.5. The number of ketones is 1. The highest BCUT2D eigenvalue weighted by atomic mass is 16.2. The summed E-state index contributed by atoms with van der Waals surface area (Å²) < 4.78 is 0. The monoisotopic (exact) mass is 522 g/mol. The molecule has 3 nitrogen and oxygen atoms in total. The van der Waals surface area contributed by atoms with Gasteiger partial charge in [-0.3, -0.25) is 9.59 Å². The van der Waals surface area contributed by atoms with Crippen LogP contribution in [0.2, 0.25) is 0 Å². The zero-order chi connectivity index (χ0) is 27.2. The predicted molar refractivity (Wildman–Crippen MR) is 163 cm³/mol. The normalized spacial score (nSPS) is 12.2. The van der Waals surface area contributed by atoms with Gasteiger partial charge < -0.3 is 5.73 Å². The fourth-order valence-electron chi connectivity index (χ4n) is 5.60. The average molecular weight is 522 g/mol. The first-order chi connectivity index (χ1) is 18.1. The number of hydrogen-bond donors (Lipinski definition) is 1. The fourth-order valence-corrected chi connectivity index (χ4v) is 5.60. The molecule has 0 aliphatic carbocycles. The van der Waals surface area contributed by atoms with E-state index in [0.29, 0.717) is 0 Å². The Balaban J connectivity index is 3.65. The number of Topliss-reactive ketones (excluding diaryl/α,β-unsaturated/α-hetero) is 1. The summed E-state index contributed by atoms with van der Waals surface area (Å²) in [5.41, 5.74) is 5.34. The van der Waals surface area contributed by atoms with Gasteiger partial charge in [0.15, 0.2) is 0 Å². The maximum Gasteiger partial charge on any atom is 0.285 e. The molecule has 0 heterocycles. The summed E-state index contributed by atoms with van der Waals surface area (Å²) in [5, 5.41) is 0. The molecule has 0 fully saturated rings. The molecule has 1 atom stereocenters. The first-order valence-electron chi connectivity index (χ1n) is 17.0. The molecule has 0 aromatic carbocycles. The summed E-state index contributed by atoms with van der Waals surface area (Å²) in [5.74, 6) is -1.19. The quantitative estimate of drug-likeness (QED) is 0.0728. The molecule has 2 N–H and O–H groups in total. The van der Waals surface area contributed by atoms with E-state index in [4.69, 9.17) is 5.73 Å². The molecule has 1 unspecified atom stereocenters. The van der Waals surface area contributed by atoms with Crippen LogP contribution in [0.4, 0.5) is 0 Å². The molecule has 220 valence electrons. The molecule has 0 saturated heterocycles. The number of rotatable bonds is 31. The van der Waals surface area contributed by atoms with E-state index in [1.807, 2.05) is 0 Å². The number of amides is 1. The smallest absolute Gasteiger partial charge is 0.285 e. The van der Waals surface area contributed by atoms with Crippen LogP contribution in [0.3, 0.4) is 0 Å². The fraction of sp³-hybridized carbons (Fsp3) is 0.941. The Labute approximate surface area is 232 Å². The highest BCUT2D eigenvalue weighted by molar-refractivity contribution is 6.36. The molecular weight excluding hydrogens is 454 g/mol. The molecule has 0 aromatic rings. The van der Waals surface area contributed by atoms with Gasteiger partial charge in [-0.05, 0) is 12.8 Å². The highest BCUT2D eigenvalue weighted by Crippen LogP contribution is 2.21. The van der Waals surface area contributed by atoms with Gasteiger partial charge >= 0.3 is 0 Å². The topological polar surface area (TPSA) is 60.2 Å². The molecule has 3 heteroatoms. The van der Waals surface area contributed by atoms with Crippen molar-refractivity contribution in [3.8, 4) is 0 Å². The summed E-state index contributed by atoms with van der Waals surface area (Å²) >= 11 is 0. The van der Waals surface area contributed by atoms with E-state index in [0.717, 1.165) is 25.7 Å². The summed E-state index contributed by atoms with van der Waals surface area (Å²) in [6.45, 7) is 4.55. The lowest BCUT2D eigenvalue weighted by atomic mass is 9.90. The summed E-state index contributed by atoms with van der Waals surface area (Å²) in [6, 6.07) is 0. The van der Waals surface area contributed by atoms with E-state index in [9.17, 15) is 9.59 Å². The van der Waals surface area contributed by atoms with Crippen LogP contribution in [0.15, 0.2) is 0 Å². The number of unbranched alkanes of at least 4 members (excludes halogenated alkanes) is 25. The van der Waals surface area contributed by atoms with E-state index in [1.165, 1.54) is 161 Å². The summed E-state index contributed by atoms with van der Waals surface area (Å²) in [7, 11) is 0. The van der Waals surface area contributed by atoms with Crippen molar-refractivity contribution in [2.24, 2.45) is 11.7 Å². The maximum atomic E-state index is 12.3. The number of carbonyl (C=O) groups excluding carboxylic acids is 2. The molecule has 0 rings (SSSR count). The van der Waals surface area contributed by atoms with Crippen LogP contribution in [0.1, 0.15) is 200 Å². The SMILES string of the molecule is CCCCCCCCCCCCCCCCC(CCCCCCCCCCCCCCC)C(=O)C(N)=O. The molecule has 0 spiro atoms. The molecule has 1 amide bonds. The minimum atomic E-state index is -0.731. The minimum absolute atomic E-state index is 0.137. The third-order valence-electron chi connectivity index (χ3n) is 8.18. The first kappa shape index (κ1) is 36.1. The molecule has 0 aliphatic rings. The van der Waals surface area contributed by atoms with Crippen molar-refractivity contribution in [1.29, 1.82) is 0 Å². The van der Waals surface area contributed by atoms with Gasteiger partial charge in [-0.1, -0.05) is 187 Å². The van der Waals surface area contributed by atoms with Crippen molar-refractivity contribution in [2.45, 2.75) is 200 Å². The van der Waals surface area contributed by atoms with Gasteiger partial charge in [0.2, 0.25) is 5.78 Å². The lowest BCUT2D eigenvalue weighted by Gasteiger charge is -2.14. The zero-order valence-electron chi connectivity index (χ0n) is 25.5. The Morgan fingerprint density at radius 3 is 0.838 bits per heavy atom. The number of carbonyl (C=O) groups is 2. The number of nitrogens with two attached hydrogens (primary N) is 1. The van der Waals surface area contributed by atoms with Crippen molar-refractivity contribution in [1.82, 2.24) is 0 Å². The number of hydrogen-bond acceptors (Lipinski definition) is 2. The largest absolute Gasteiger partial charge is 0.363 e. The maximum absolute atomic E-state index is 12.3. The molecular formula is C34H67NO2. The molecule has 0 bridgehead atoms. The van der Waals surface area contributed by atoms with Crippen molar-refractivity contribution < 1.29 is 9.59 Å². The summed E-state index contributed by atoms with van der Waals surface area (Å²) in [6.07, 6.45) is 37.7. The van der Waals surface area contributed by atoms with Crippen molar-refractivity contribution in [3.63, 3.8) is 0 Å². The van der Waals surface area contributed by atoms with Gasteiger partial charge in [-0.15, -0.1) is 0 Å². The molecule has 0 saturated carbocycles. The van der Waals surface area contributed by atoms with Crippen molar-refractivity contribution in [2.75, 3.05) is 0 Å². The van der Waals surface area contributed by atoms with Gasteiger partial charge in [0, 0.05) is 5.92 Å². The zero-order valence-corrected chi connectivity index (χ0v) is 25.5. The van der Waals surface area contributed by atoms with Crippen LogP contribution in [-0.2, 0) is 9.59 Å². The van der Waals surface area contributed by atoms with Crippen LogP contribution < -0.4 is 5.73 Å². The van der Waals surface area contributed by atoms with Gasteiger partial charge in [0.25, 0.3) is 5.91 Å². The standard InChI is InChI=1S/C34H67NO2/c1-3-5-7-9-11-13-15-17-19-21-23-25-27-29-31-32(33(36)34(35)37)30-28-26-24-22-20-18-16-14-12-10-8-6-4-2/h32H,3-31H2,1-2H3,(H2,35,37). The molecule has 37 heavy (non-hydrogen) atoms. The Kier molecular flexibility index (Phi) is 29.0. The Morgan fingerprint density at radius 1 is 0.405 bits per heavy atom. The van der Waals surface area contributed by atoms with E-state index in [-0.39, 0.29) is 11.7 Å². The Bertz CT molecular complexity index is 490. The second-order valence-corrected chi connectivity index (χ2v) is 11.8. The van der Waals surface area contributed by atoms with Crippen LogP contribution in [0.25, 0.3) is 0 Å². The van der Waals surface area contributed by atoms with Crippen LogP contribution >= 0.6 is 0 Å². The lowest BCUT2D eigenvalue weighted by molar-refractivity contribution is -0.138. The minimum Gasteiger partial charge on any atom is -0.363 e. The van der Waals surface area contributed by atoms with Crippen LogP contribution in [-0.4, -0.2) is 11.7 Å². The third-order valence-corrected chi connectivity index (χ3v) is 8.18. The van der Waals surface area contributed by atoms with E-state index < -0.39 is 5.91 Å². The van der Waals surface area contributed by atoms with Crippen LogP contribution in [0, 0.1) is 5.92 Å². The van der Waals surface area contributed by atoms with E-state index >= 15 is 0 Å². The molecule has 0 aromatic heterocycles. The van der Waals surface area contributed by atoms with Crippen LogP contribution in [0.5, 0.6) is 0 Å². The average Bonchev–Trinajstić information content (AvgIpc) is 2.89. The highest BCUT2D eigenvalue weighted by Gasteiger charge is 2.22. The van der Waals surface area contributed by atoms with Gasteiger partial charge in [-0.2, -0.15) is 0 Å². The molecule has 0 aliphatic heterocycles. The Hall–Kier alpha value is -0.860. The molecule has 0 radical (unpaired) electrons. The van der Waals surface area contributed by atoms with E-state index in [2.05, 4.69) is 13.8 Å². The lowest BCUT2D eigenvalue weighted by Crippen LogP contribution is -2.30. The first-order valence-corrected chi connectivity index (χ1v) is 17.0. The van der Waals surface area contributed by atoms with E-state index in [1.54, 1.807) is 0 Å². The second-order valence-electron chi connectivity index (χ2n) is 11.8. The number of primary amides is 1. The van der Waals surface area contributed by atoms with Gasteiger partial charge in [0.1, 0.15) is 0 Å². The van der Waals surface area contributed by atoms with Gasteiger partial charge in [0.05, 0.1) is 0 Å². The summed E-state index contributed by atoms with van der Waals surface area (Å²) in [4.78, 5) is 23.8. The predicted octanol–water partition coefficient (Wildman–Crippen LogP) is 11.0.